The molecule has 0 bridgehead atoms. The fourth-order valence-electron chi connectivity index (χ4n) is 1.82. The molecule has 88 valence electrons. The molecule has 1 heterocycles. The molecule has 0 saturated carbocycles. The second-order valence-corrected chi connectivity index (χ2v) is 3.94. The molecule has 0 unspecified atom stereocenters. The summed E-state index contributed by atoms with van der Waals surface area (Å²) in [6.07, 6.45) is 0. The summed E-state index contributed by atoms with van der Waals surface area (Å²) < 4.78 is 37.0. The van der Waals surface area contributed by atoms with Crippen LogP contribution in [0.25, 0.3) is 0 Å². The van der Waals surface area contributed by atoms with Crippen LogP contribution in [0.1, 0.15) is 5.56 Å². The van der Waals surface area contributed by atoms with Crippen LogP contribution >= 0.6 is 0 Å². The minimum Gasteiger partial charge on any atom is -0.494 e. The van der Waals surface area contributed by atoms with Gasteiger partial charge in [0.2, 0.25) is 0 Å². The maximum Gasteiger partial charge on any atom is 0.165 e. The standard InChI is InChI=1S/C11H13F2NO2/c1-15-10-3-8(12)7(2-9(10)13)11(4-14)5-16-6-11/h2-3H,4-6,14H2,1H3. The molecule has 1 saturated heterocycles. The highest BCUT2D eigenvalue weighted by Gasteiger charge is 2.41. The maximum atomic E-state index is 13.8. The summed E-state index contributed by atoms with van der Waals surface area (Å²) >= 11 is 0. The van der Waals surface area contributed by atoms with Gasteiger partial charge in [-0.2, -0.15) is 0 Å². The van der Waals surface area contributed by atoms with E-state index < -0.39 is 17.0 Å². The van der Waals surface area contributed by atoms with E-state index in [4.69, 9.17) is 15.2 Å². The molecule has 1 fully saturated rings. The van der Waals surface area contributed by atoms with Crippen LogP contribution in [0.3, 0.4) is 0 Å². The SMILES string of the molecule is COc1cc(F)c(C2(CN)COC2)cc1F. The van der Waals surface area contributed by atoms with E-state index in [0.717, 1.165) is 12.1 Å². The van der Waals surface area contributed by atoms with Crippen molar-refractivity contribution in [2.24, 2.45) is 5.73 Å². The molecule has 16 heavy (non-hydrogen) atoms. The molecule has 1 aromatic rings. The minimum absolute atomic E-state index is 0.103. The van der Waals surface area contributed by atoms with E-state index in [2.05, 4.69) is 0 Å². The van der Waals surface area contributed by atoms with E-state index in [-0.39, 0.29) is 17.9 Å². The second-order valence-electron chi connectivity index (χ2n) is 3.94. The molecular formula is C11H13F2NO2. The zero-order valence-corrected chi connectivity index (χ0v) is 8.93. The lowest BCUT2D eigenvalue weighted by Gasteiger charge is -2.41. The number of nitrogens with two attached hydrogens (primary N) is 1. The molecule has 2 N–H and O–H groups in total. The largest absolute Gasteiger partial charge is 0.494 e. The predicted octanol–water partition coefficient (Wildman–Crippen LogP) is 1.20. The number of hydrogen-bond donors (Lipinski definition) is 1. The second kappa shape index (κ2) is 3.99. The molecule has 0 radical (unpaired) electrons. The fraction of sp³-hybridized carbons (Fsp3) is 0.455. The summed E-state index contributed by atoms with van der Waals surface area (Å²) in [7, 11) is 1.29. The first kappa shape index (κ1) is 11.3. The van der Waals surface area contributed by atoms with Gasteiger partial charge in [-0.05, 0) is 6.07 Å². The van der Waals surface area contributed by atoms with Gasteiger partial charge in [0.25, 0.3) is 0 Å². The normalized spacial score (nSPS) is 18.0. The van der Waals surface area contributed by atoms with Crippen LogP contribution in [0.4, 0.5) is 8.78 Å². The quantitative estimate of drug-likeness (QED) is 0.847. The van der Waals surface area contributed by atoms with Gasteiger partial charge in [0.1, 0.15) is 5.82 Å². The molecule has 0 aliphatic carbocycles. The van der Waals surface area contributed by atoms with Gasteiger partial charge in [-0.1, -0.05) is 0 Å². The first-order valence-electron chi connectivity index (χ1n) is 4.94. The Hall–Kier alpha value is -1.20. The Labute approximate surface area is 92.1 Å². The van der Waals surface area contributed by atoms with Crippen molar-refractivity contribution in [1.82, 2.24) is 0 Å². The minimum atomic E-state index is -0.586. The first-order chi connectivity index (χ1) is 7.63. The molecule has 1 aliphatic rings. The summed E-state index contributed by atoms with van der Waals surface area (Å²) in [5.41, 5.74) is 5.27. The van der Waals surface area contributed by atoms with Crippen molar-refractivity contribution in [1.29, 1.82) is 0 Å². The van der Waals surface area contributed by atoms with Crippen molar-refractivity contribution in [2.75, 3.05) is 26.9 Å². The van der Waals surface area contributed by atoms with Crippen LogP contribution in [-0.2, 0) is 10.2 Å². The highest BCUT2D eigenvalue weighted by Crippen LogP contribution is 2.35. The fourth-order valence-corrected chi connectivity index (χ4v) is 1.82. The van der Waals surface area contributed by atoms with Gasteiger partial charge in [-0.25, -0.2) is 8.78 Å². The molecular weight excluding hydrogens is 216 g/mol. The van der Waals surface area contributed by atoms with E-state index in [1.165, 1.54) is 7.11 Å². The molecule has 2 rings (SSSR count). The number of ether oxygens (including phenoxy) is 2. The van der Waals surface area contributed by atoms with Crippen LogP contribution in [0, 0.1) is 11.6 Å². The molecule has 1 aromatic carbocycles. The van der Waals surface area contributed by atoms with Crippen molar-refractivity contribution in [3.05, 3.63) is 29.3 Å². The van der Waals surface area contributed by atoms with Gasteiger partial charge in [-0.15, -0.1) is 0 Å². The third-order valence-electron chi connectivity index (χ3n) is 2.96. The zero-order valence-electron chi connectivity index (χ0n) is 8.93. The zero-order chi connectivity index (χ0) is 11.8. The molecule has 0 atom stereocenters. The van der Waals surface area contributed by atoms with E-state index in [1.54, 1.807) is 0 Å². The van der Waals surface area contributed by atoms with Crippen molar-refractivity contribution in [3.8, 4) is 5.75 Å². The van der Waals surface area contributed by atoms with Gasteiger partial charge in [-0.3, -0.25) is 0 Å². The van der Waals surface area contributed by atoms with Crippen LogP contribution in [0.2, 0.25) is 0 Å². The highest BCUT2D eigenvalue weighted by molar-refractivity contribution is 5.37. The van der Waals surface area contributed by atoms with Crippen LogP contribution < -0.4 is 10.5 Å². The van der Waals surface area contributed by atoms with Gasteiger partial charge in [0.15, 0.2) is 11.6 Å². The van der Waals surface area contributed by atoms with Crippen molar-refractivity contribution >= 4 is 0 Å². The third-order valence-corrected chi connectivity index (χ3v) is 2.96. The van der Waals surface area contributed by atoms with Gasteiger partial charge in [0, 0.05) is 18.2 Å². The number of rotatable bonds is 3. The van der Waals surface area contributed by atoms with Crippen LogP contribution in [-0.4, -0.2) is 26.9 Å². The van der Waals surface area contributed by atoms with Crippen LogP contribution in [0.15, 0.2) is 12.1 Å². The lowest BCUT2D eigenvalue weighted by Crippen LogP contribution is -2.52. The Balaban J connectivity index is 2.45. The van der Waals surface area contributed by atoms with Gasteiger partial charge >= 0.3 is 0 Å². The average molecular weight is 229 g/mol. The molecule has 0 aromatic heterocycles. The number of benzene rings is 1. The Morgan fingerprint density at radius 3 is 2.50 bits per heavy atom. The lowest BCUT2D eigenvalue weighted by molar-refractivity contribution is -0.0567. The number of hydrogen-bond acceptors (Lipinski definition) is 3. The molecule has 0 spiro atoms. The predicted molar refractivity (Wildman–Crippen MR) is 54.5 cm³/mol. The summed E-state index contributed by atoms with van der Waals surface area (Å²) in [6, 6.07) is 2.18. The van der Waals surface area contributed by atoms with Crippen LogP contribution in [0.5, 0.6) is 5.75 Å². The molecule has 0 amide bonds. The van der Waals surface area contributed by atoms with Crippen molar-refractivity contribution < 1.29 is 18.3 Å². The lowest BCUT2D eigenvalue weighted by atomic mass is 9.78. The van der Waals surface area contributed by atoms with Gasteiger partial charge in [0.05, 0.1) is 25.7 Å². The monoisotopic (exact) mass is 229 g/mol. The van der Waals surface area contributed by atoms with Gasteiger partial charge < -0.3 is 15.2 Å². The number of halogens is 2. The topological polar surface area (TPSA) is 44.5 Å². The summed E-state index contributed by atoms with van der Waals surface area (Å²) in [5, 5.41) is 0. The van der Waals surface area contributed by atoms with E-state index in [9.17, 15) is 8.78 Å². The first-order valence-corrected chi connectivity index (χ1v) is 4.94. The smallest absolute Gasteiger partial charge is 0.165 e. The van der Waals surface area contributed by atoms with E-state index in [0.29, 0.717) is 13.2 Å². The summed E-state index contributed by atoms with van der Waals surface area (Å²) in [4.78, 5) is 0. The Morgan fingerprint density at radius 1 is 1.38 bits per heavy atom. The molecule has 1 aliphatic heterocycles. The van der Waals surface area contributed by atoms with Crippen molar-refractivity contribution in [2.45, 2.75) is 5.41 Å². The maximum absolute atomic E-state index is 13.8. The highest BCUT2D eigenvalue weighted by atomic mass is 19.1. The average Bonchev–Trinajstić information content (AvgIpc) is 2.22. The Morgan fingerprint density at radius 2 is 2.06 bits per heavy atom. The third kappa shape index (κ3) is 1.56. The summed E-state index contributed by atoms with van der Waals surface area (Å²) in [6.45, 7) is 0.883. The van der Waals surface area contributed by atoms with Crippen molar-refractivity contribution in [3.63, 3.8) is 0 Å². The van der Waals surface area contributed by atoms with E-state index in [1.807, 2.05) is 0 Å². The number of methoxy groups -OCH3 is 1. The molecule has 3 nitrogen and oxygen atoms in total. The Kier molecular flexibility index (Phi) is 2.82. The van der Waals surface area contributed by atoms with E-state index >= 15 is 0 Å². The Bertz CT molecular complexity index is 400. The summed E-state index contributed by atoms with van der Waals surface area (Å²) in [5.74, 6) is -1.20. The molecule has 5 heteroatoms.